The van der Waals surface area contributed by atoms with Crippen LogP contribution in [0, 0.1) is 13.8 Å². The highest BCUT2D eigenvalue weighted by atomic mass is 32.2. The number of thiophene rings is 1. The summed E-state index contributed by atoms with van der Waals surface area (Å²) in [6, 6.07) is 3.37. The van der Waals surface area contributed by atoms with Crippen molar-refractivity contribution in [3.63, 3.8) is 0 Å². The molecule has 0 unspecified atom stereocenters. The van der Waals surface area contributed by atoms with Gasteiger partial charge in [0.2, 0.25) is 10.0 Å². The smallest absolute Gasteiger partial charge is 0.250 e. The zero-order valence-electron chi connectivity index (χ0n) is 9.43. The van der Waals surface area contributed by atoms with Crippen LogP contribution in [0.3, 0.4) is 0 Å². The molecular formula is C10H12N2O3S2. The normalized spacial score (nSPS) is 11.9. The number of sulfonamides is 1. The Morgan fingerprint density at radius 2 is 2.18 bits per heavy atom. The van der Waals surface area contributed by atoms with Crippen LogP contribution in [0.2, 0.25) is 0 Å². The second-order valence-electron chi connectivity index (χ2n) is 3.54. The van der Waals surface area contributed by atoms with Crippen molar-refractivity contribution in [3.8, 4) is 0 Å². The summed E-state index contributed by atoms with van der Waals surface area (Å²) in [7, 11) is -3.45. The van der Waals surface area contributed by atoms with Gasteiger partial charge in [-0.3, -0.25) is 0 Å². The van der Waals surface area contributed by atoms with E-state index < -0.39 is 10.0 Å². The van der Waals surface area contributed by atoms with Crippen molar-refractivity contribution in [2.24, 2.45) is 0 Å². The summed E-state index contributed by atoms with van der Waals surface area (Å²) in [5.41, 5.74) is 0.599. The zero-order chi connectivity index (χ0) is 12.5. The quantitative estimate of drug-likeness (QED) is 0.921. The predicted molar refractivity (Wildman–Crippen MR) is 64.3 cm³/mol. The highest BCUT2D eigenvalue weighted by Gasteiger charge is 2.16. The summed E-state index contributed by atoms with van der Waals surface area (Å²) in [5.74, 6) is 0.620. The van der Waals surface area contributed by atoms with E-state index >= 15 is 0 Å². The fraction of sp³-hybridized carbons (Fsp3) is 0.300. The van der Waals surface area contributed by atoms with Crippen LogP contribution in [0.15, 0.2) is 27.2 Å². The van der Waals surface area contributed by atoms with Crippen molar-refractivity contribution < 1.29 is 12.8 Å². The molecule has 92 valence electrons. The van der Waals surface area contributed by atoms with Gasteiger partial charge >= 0.3 is 0 Å². The van der Waals surface area contributed by atoms with Gasteiger partial charge in [-0.05, 0) is 26.0 Å². The van der Waals surface area contributed by atoms with Gasteiger partial charge in [-0.25, -0.2) is 18.1 Å². The van der Waals surface area contributed by atoms with E-state index in [0.29, 0.717) is 15.7 Å². The first-order valence-corrected chi connectivity index (χ1v) is 7.24. The molecule has 2 aromatic rings. The van der Waals surface area contributed by atoms with Crippen LogP contribution in [0.5, 0.6) is 0 Å². The van der Waals surface area contributed by atoms with E-state index in [1.54, 1.807) is 19.1 Å². The van der Waals surface area contributed by atoms with Gasteiger partial charge in [-0.2, -0.15) is 0 Å². The van der Waals surface area contributed by atoms with Gasteiger partial charge in [0.25, 0.3) is 0 Å². The maximum atomic E-state index is 11.9. The predicted octanol–water partition coefficient (Wildman–Crippen LogP) is 1.83. The maximum absolute atomic E-state index is 11.9. The molecule has 0 aromatic carbocycles. The Bertz CT molecular complexity index is 613. The zero-order valence-corrected chi connectivity index (χ0v) is 11.1. The molecule has 0 aliphatic rings. The van der Waals surface area contributed by atoms with Gasteiger partial charge in [-0.15, -0.1) is 11.3 Å². The summed E-state index contributed by atoms with van der Waals surface area (Å²) in [6.07, 6.45) is 1.30. The Morgan fingerprint density at radius 1 is 1.41 bits per heavy atom. The van der Waals surface area contributed by atoms with Crippen molar-refractivity contribution in [3.05, 3.63) is 34.9 Å². The van der Waals surface area contributed by atoms with Crippen LogP contribution in [0.4, 0.5) is 0 Å². The van der Waals surface area contributed by atoms with Gasteiger partial charge in [0.05, 0.1) is 12.2 Å². The highest BCUT2D eigenvalue weighted by molar-refractivity contribution is 7.91. The molecule has 2 rings (SSSR count). The summed E-state index contributed by atoms with van der Waals surface area (Å²) >= 11 is 1.24. The number of rotatable bonds is 4. The number of aromatic nitrogens is 1. The summed E-state index contributed by atoms with van der Waals surface area (Å²) in [6.45, 7) is 3.75. The van der Waals surface area contributed by atoms with Crippen LogP contribution in [-0.4, -0.2) is 13.4 Å². The molecule has 5 nitrogen and oxygen atoms in total. The molecular weight excluding hydrogens is 260 g/mol. The lowest BCUT2D eigenvalue weighted by Crippen LogP contribution is -2.22. The SMILES string of the molecule is Cc1ccc(S(=O)(=O)NCc2ncoc2C)s1. The van der Waals surface area contributed by atoms with Crippen molar-refractivity contribution in [1.29, 1.82) is 0 Å². The van der Waals surface area contributed by atoms with Crippen molar-refractivity contribution in [2.45, 2.75) is 24.6 Å². The van der Waals surface area contributed by atoms with Crippen molar-refractivity contribution in [1.82, 2.24) is 9.71 Å². The number of hydrogen-bond acceptors (Lipinski definition) is 5. The first-order chi connectivity index (χ1) is 7.99. The van der Waals surface area contributed by atoms with E-state index in [1.165, 1.54) is 17.7 Å². The van der Waals surface area contributed by atoms with Gasteiger partial charge in [0.15, 0.2) is 6.39 Å². The maximum Gasteiger partial charge on any atom is 0.250 e. The monoisotopic (exact) mass is 272 g/mol. The molecule has 1 N–H and O–H groups in total. The van der Waals surface area contributed by atoms with Crippen LogP contribution in [0.25, 0.3) is 0 Å². The molecule has 7 heteroatoms. The molecule has 0 saturated heterocycles. The van der Waals surface area contributed by atoms with E-state index in [2.05, 4.69) is 9.71 Å². The standard InChI is InChI=1S/C10H12N2O3S2/c1-7-3-4-10(16-7)17(13,14)12-5-9-8(2)15-6-11-9/h3-4,6,12H,5H2,1-2H3. The van der Waals surface area contributed by atoms with Crippen LogP contribution in [-0.2, 0) is 16.6 Å². The minimum Gasteiger partial charge on any atom is -0.448 e. The molecule has 0 radical (unpaired) electrons. The first kappa shape index (κ1) is 12.3. The van der Waals surface area contributed by atoms with E-state index in [-0.39, 0.29) is 6.54 Å². The minimum absolute atomic E-state index is 0.140. The average molecular weight is 272 g/mol. The molecule has 0 saturated carbocycles. The third-order valence-corrected chi connectivity index (χ3v) is 5.15. The summed E-state index contributed by atoms with van der Waals surface area (Å²) in [4.78, 5) is 4.89. The molecule has 2 aromatic heterocycles. The molecule has 0 amide bonds. The van der Waals surface area contributed by atoms with Crippen LogP contribution in [0.1, 0.15) is 16.3 Å². The lowest BCUT2D eigenvalue weighted by atomic mass is 10.4. The molecule has 0 aliphatic heterocycles. The number of hydrogen-bond donors (Lipinski definition) is 1. The fourth-order valence-electron chi connectivity index (χ4n) is 1.29. The Balaban J connectivity index is 2.11. The number of nitrogens with one attached hydrogen (secondary N) is 1. The van der Waals surface area contributed by atoms with Gasteiger partial charge in [-0.1, -0.05) is 0 Å². The van der Waals surface area contributed by atoms with Gasteiger partial charge < -0.3 is 4.42 Å². The Kier molecular flexibility index (Phi) is 3.32. The largest absolute Gasteiger partial charge is 0.448 e. The molecule has 0 aliphatic carbocycles. The lowest BCUT2D eigenvalue weighted by Gasteiger charge is -2.02. The van der Waals surface area contributed by atoms with E-state index in [9.17, 15) is 8.42 Å². The topological polar surface area (TPSA) is 72.2 Å². The fourth-order valence-corrected chi connectivity index (χ4v) is 3.60. The van der Waals surface area contributed by atoms with Crippen molar-refractivity contribution in [2.75, 3.05) is 0 Å². The Morgan fingerprint density at radius 3 is 2.71 bits per heavy atom. The minimum atomic E-state index is -3.45. The lowest BCUT2D eigenvalue weighted by molar-refractivity contribution is 0.523. The molecule has 2 heterocycles. The van der Waals surface area contributed by atoms with Crippen LogP contribution < -0.4 is 4.72 Å². The summed E-state index contributed by atoms with van der Waals surface area (Å²) < 4.78 is 31.6. The van der Waals surface area contributed by atoms with E-state index in [0.717, 1.165) is 4.88 Å². The molecule has 0 bridgehead atoms. The second-order valence-corrected chi connectivity index (χ2v) is 6.83. The summed E-state index contributed by atoms with van der Waals surface area (Å²) in [5, 5.41) is 0. The average Bonchev–Trinajstić information content (AvgIpc) is 2.85. The number of aryl methyl sites for hydroxylation is 2. The van der Waals surface area contributed by atoms with E-state index in [4.69, 9.17) is 4.42 Å². The van der Waals surface area contributed by atoms with Crippen LogP contribution >= 0.6 is 11.3 Å². The second kappa shape index (κ2) is 4.59. The third-order valence-electron chi connectivity index (χ3n) is 2.25. The molecule has 0 atom stereocenters. The first-order valence-electron chi connectivity index (χ1n) is 4.94. The van der Waals surface area contributed by atoms with Gasteiger partial charge in [0.1, 0.15) is 9.97 Å². The molecule has 17 heavy (non-hydrogen) atoms. The van der Waals surface area contributed by atoms with E-state index in [1.807, 2.05) is 6.92 Å². The third kappa shape index (κ3) is 2.74. The number of oxazole rings is 1. The Labute approximate surface area is 104 Å². The number of nitrogens with zero attached hydrogens (tertiary/aromatic N) is 1. The Hall–Kier alpha value is -1.18. The highest BCUT2D eigenvalue weighted by Crippen LogP contribution is 2.20. The molecule has 0 fully saturated rings. The van der Waals surface area contributed by atoms with Crippen molar-refractivity contribution >= 4 is 21.4 Å². The van der Waals surface area contributed by atoms with Gasteiger partial charge in [0, 0.05) is 4.88 Å². The molecule has 0 spiro atoms.